The minimum Gasteiger partial charge on any atom is -0.482 e. The lowest BCUT2D eigenvalue weighted by atomic mass is 10.0. The molecule has 4 heterocycles. The summed E-state index contributed by atoms with van der Waals surface area (Å²) in [4.78, 5) is 4.27. The Labute approximate surface area is 177 Å². The molecule has 1 aromatic carbocycles. The monoisotopic (exact) mass is 415 g/mol. The number of aryl methyl sites for hydroxylation is 1. The van der Waals surface area contributed by atoms with Crippen LogP contribution < -0.4 is 10.5 Å². The van der Waals surface area contributed by atoms with E-state index in [1.54, 1.807) is 40.9 Å². The van der Waals surface area contributed by atoms with Gasteiger partial charge in [0.15, 0.2) is 11.6 Å². The maximum Gasteiger partial charge on any atom is 0.166 e. The zero-order valence-electron chi connectivity index (χ0n) is 16.9. The maximum absolute atomic E-state index is 14.1. The summed E-state index contributed by atoms with van der Waals surface area (Å²) in [5, 5.41) is 18.8. The molecular formula is C22H18FN7O. The first-order valence-electron chi connectivity index (χ1n) is 9.67. The SMILES string of the molecule is CC1Oc2cc(cnc2N)-c2c(nn(C)c2C#N)Cc2ccnn2-c2ccc(F)cc21. The van der Waals surface area contributed by atoms with E-state index in [1.165, 1.54) is 12.1 Å². The van der Waals surface area contributed by atoms with E-state index in [4.69, 9.17) is 10.5 Å². The number of nitrogen functional groups attached to an aromatic ring is 1. The lowest BCUT2D eigenvalue weighted by molar-refractivity contribution is 0.226. The van der Waals surface area contributed by atoms with E-state index in [2.05, 4.69) is 21.3 Å². The fourth-order valence-electron chi connectivity index (χ4n) is 3.97. The van der Waals surface area contributed by atoms with Crippen molar-refractivity contribution in [3.63, 3.8) is 0 Å². The van der Waals surface area contributed by atoms with Gasteiger partial charge in [0.1, 0.15) is 23.7 Å². The van der Waals surface area contributed by atoms with Crippen LogP contribution >= 0.6 is 0 Å². The third kappa shape index (κ3) is 3.00. The first kappa shape index (κ1) is 18.8. The number of fused-ring (bicyclic) bond motifs is 7. The average molecular weight is 415 g/mol. The van der Waals surface area contributed by atoms with Gasteiger partial charge in [-0.25, -0.2) is 14.1 Å². The number of aromatic nitrogens is 5. The van der Waals surface area contributed by atoms with Crippen LogP contribution in [0, 0.1) is 17.1 Å². The Kier molecular flexibility index (Phi) is 4.22. The number of nitrogens with zero attached hydrogens (tertiary/aromatic N) is 6. The minimum atomic E-state index is -0.537. The molecule has 0 fully saturated rings. The van der Waals surface area contributed by atoms with Crippen LogP contribution in [0.2, 0.25) is 0 Å². The number of nitrogens with two attached hydrogens (primary N) is 1. The van der Waals surface area contributed by atoms with Crippen molar-refractivity contribution in [1.82, 2.24) is 24.5 Å². The smallest absolute Gasteiger partial charge is 0.166 e. The predicted octanol–water partition coefficient (Wildman–Crippen LogP) is 3.30. The van der Waals surface area contributed by atoms with Gasteiger partial charge < -0.3 is 10.5 Å². The lowest BCUT2D eigenvalue weighted by Crippen LogP contribution is -2.13. The Morgan fingerprint density at radius 1 is 1.29 bits per heavy atom. The van der Waals surface area contributed by atoms with Crippen LogP contribution in [0.5, 0.6) is 5.75 Å². The fourth-order valence-corrected chi connectivity index (χ4v) is 3.97. The number of hydrogen-bond acceptors (Lipinski definition) is 6. The van der Waals surface area contributed by atoms with Crippen LogP contribution in [-0.4, -0.2) is 24.5 Å². The second kappa shape index (κ2) is 6.95. The summed E-state index contributed by atoms with van der Waals surface area (Å²) in [5.41, 5.74) is 10.7. The van der Waals surface area contributed by atoms with Crippen molar-refractivity contribution >= 4 is 5.82 Å². The predicted molar refractivity (Wildman–Crippen MR) is 111 cm³/mol. The Morgan fingerprint density at radius 2 is 2.13 bits per heavy atom. The summed E-state index contributed by atoms with van der Waals surface area (Å²) in [5.74, 6) is 0.176. The number of pyridine rings is 1. The van der Waals surface area contributed by atoms with Gasteiger partial charge in [-0.15, -0.1) is 0 Å². The fraction of sp³-hybridized carbons (Fsp3) is 0.182. The van der Waals surface area contributed by atoms with Crippen LogP contribution in [0.15, 0.2) is 42.7 Å². The van der Waals surface area contributed by atoms with Crippen LogP contribution in [-0.2, 0) is 13.5 Å². The molecule has 0 saturated heterocycles. The zero-order valence-corrected chi connectivity index (χ0v) is 16.9. The minimum absolute atomic E-state index is 0.203. The van der Waals surface area contributed by atoms with E-state index in [-0.39, 0.29) is 11.6 Å². The van der Waals surface area contributed by atoms with Gasteiger partial charge in [-0.3, -0.25) is 4.68 Å². The van der Waals surface area contributed by atoms with Gasteiger partial charge in [-0.1, -0.05) is 0 Å². The topological polar surface area (TPSA) is 108 Å². The molecule has 4 aromatic rings. The highest BCUT2D eigenvalue weighted by molar-refractivity contribution is 5.74. The highest BCUT2D eigenvalue weighted by Crippen LogP contribution is 2.36. The highest BCUT2D eigenvalue weighted by atomic mass is 19.1. The van der Waals surface area contributed by atoms with Gasteiger partial charge in [0.2, 0.25) is 0 Å². The number of hydrogen-bond donors (Lipinski definition) is 1. The molecule has 5 rings (SSSR count). The summed E-state index contributed by atoms with van der Waals surface area (Å²) in [6.07, 6.45) is 3.16. The number of benzene rings is 1. The van der Waals surface area contributed by atoms with Crippen molar-refractivity contribution in [3.05, 3.63) is 71.2 Å². The zero-order chi connectivity index (χ0) is 21.7. The molecular weight excluding hydrogens is 397 g/mol. The standard InChI is InChI=1S/C22H18FN7O/c1-12-16-8-14(23)3-4-18(16)30-15(5-6-27-30)9-17-21(19(10-24)29(2)28-17)13-7-20(31-12)22(25)26-11-13/h3-8,11-12H,9H2,1-2H3,(H2,25,26). The van der Waals surface area contributed by atoms with Crippen molar-refractivity contribution in [3.8, 4) is 28.6 Å². The van der Waals surface area contributed by atoms with Crippen LogP contribution in [0.3, 0.4) is 0 Å². The van der Waals surface area contributed by atoms with Gasteiger partial charge in [-0.2, -0.15) is 15.5 Å². The van der Waals surface area contributed by atoms with Crippen molar-refractivity contribution < 1.29 is 9.13 Å². The van der Waals surface area contributed by atoms with Gasteiger partial charge >= 0.3 is 0 Å². The molecule has 0 saturated carbocycles. The molecule has 1 atom stereocenters. The normalized spacial score (nSPS) is 14.8. The van der Waals surface area contributed by atoms with Crippen LogP contribution in [0.25, 0.3) is 16.8 Å². The molecule has 0 amide bonds. The van der Waals surface area contributed by atoms with Crippen molar-refractivity contribution in [1.29, 1.82) is 5.26 Å². The molecule has 2 N–H and O–H groups in total. The number of halogens is 1. The highest BCUT2D eigenvalue weighted by Gasteiger charge is 2.24. The Morgan fingerprint density at radius 3 is 2.94 bits per heavy atom. The molecule has 0 aliphatic carbocycles. The molecule has 31 heavy (non-hydrogen) atoms. The number of nitriles is 1. The van der Waals surface area contributed by atoms with E-state index in [0.29, 0.717) is 45.9 Å². The molecule has 1 aliphatic rings. The molecule has 1 unspecified atom stereocenters. The Balaban J connectivity index is 1.83. The van der Waals surface area contributed by atoms with E-state index in [0.717, 1.165) is 5.69 Å². The summed E-state index contributed by atoms with van der Waals surface area (Å²) in [7, 11) is 1.73. The van der Waals surface area contributed by atoms with Gasteiger partial charge in [0.05, 0.1) is 17.1 Å². The third-order valence-corrected chi connectivity index (χ3v) is 5.43. The van der Waals surface area contributed by atoms with Crippen LogP contribution in [0.4, 0.5) is 10.2 Å². The molecule has 2 bridgehead atoms. The molecule has 0 radical (unpaired) electrons. The molecule has 3 aromatic heterocycles. The number of anilines is 1. The van der Waals surface area contributed by atoms with Crippen molar-refractivity contribution in [2.75, 3.05) is 5.73 Å². The first-order chi connectivity index (χ1) is 15.0. The molecule has 9 heteroatoms. The van der Waals surface area contributed by atoms with Gasteiger partial charge in [0, 0.05) is 42.6 Å². The van der Waals surface area contributed by atoms with Crippen LogP contribution in [0.1, 0.15) is 35.7 Å². The van der Waals surface area contributed by atoms with Gasteiger partial charge in [0.25, 0.3) is 0 Å². The van der Waals surface area contributed by atoms with E-state index >= 15 is 0 Å². The molecule has 1 aliphatic heterocycles. The summed E-state index contributed by atoms with van der Waals surface area (Å²) in [6.45, 7) is 1.82. The van der Waals surface area contributed by atoms with E-state index in [9.17, 15) is 9.65 Å². The average Bonchev–Trinajstić information content (AvgIpc) is 3.32. The quantitative estimate of drug-likeness (QED) is 0.472. The summed E-state index contributed by atoms with van der Waals surface area (Å²) < 4.78 is 23.6. The molecule has 8 nitrogen and oxygen atoms in total. The van der Waals surface area contributed by atoms with Crippen molar-refractivity contribution in [2.24, 2.45) is 7.05 Å². The molecule has 0 spiro atoms. The third-order valence-electron chi connectivity index (χ3n) is 5.43. The number of rotatable bonds is 0. The largest absolute Gasteiger partial charge is 0.482 e. The van der Waals surface area contributed by atoms with E-state index in [1.807, 2.05) is 13.0 Å². The lowest BCUT2D eigenvalue weighted by Gasteiger charge is -2.21. The maximum atomic E-state index is 14.1. The van der Waals surface area contributed by atoms with E-state index < -0.39 is 6.10 Å². The second-order valence-corrected chi connectivity index (χ2v) is 7.39. The van der Waals surface area contributed by atoms with Gasteiger partial charge in [-0.05, 0) is 37.3 Å². The summed E-state index contributed by atoms with van der Waals surface area (Å²) in [6, 6.07) is 10.3. The Hall–Kier alpha value is -4.19. The molecule has 154 valence electrons. The Bertz CT molecular complexity index is 1360. The second-order valence-electron chi connectivity index (χ2n) is 7.39. The van der Waals surface area contributed by atoms with Crippen molar-refractivity contribution in [2.45, 2.75) is 19.4 Å². The first-order valence-corrected chi connectivity index (χ1v) is 9.67. The summed E-state index contributed by atoms with van der Waals surface area (Å²) >= 11 is 0. The number of ether oxygens (including phenoxy) is 1.